The maximum Gasteiger partial charge on any atom is 0.383 e. The van der Waals surface area contributed by atoms with Crippen molar-refractivity contribution in [1.82, 2.24) is 19.4 Å². The third-order valence-electron chi connectivity index (χ3n) is 6.15. The Hall–Kier alpha value is -2.03. The summed E-state index contributed by atoms with van der Waals surface area (Å²) in [7, 11) is 0. The van der Waals surface area contributed by atoms with E-state index < -0.39 is 10.5 Å². The molecule has 2 aliphatic rings. The summed E-state index contributed by atoms with van der Waals surface area (Å²) in [5, 5.41) is 21.8. The number of hydrogen-bond acceptors (Lipinski definition) is 6. The topological polar surface area (TPSA) is 97.3 Å². The van der Waals surface area contributed by atoms with Gasteiger partial charge in [0.1, 0.15) is 6.20 Å². The van der Waals surface area contributed by atoms with Gasteiger partial charge in [0, 0.05) is 43.4 Å². The number of halogens is 1. The third-order valence-corrected chi connectivity index (χ3v) is 6.45. The molecule has 1 atom stereocenters. The van der Waals surface area contributed by atoms with E-state index in [4.69, 9.17) is 16.6 Å². The first-order valence-corrected chi connectivity index (χ1v) is 11.0. The van der Waals surface area contributed by atoms with Crippen LogP contribution >= 0.6 is 11.6 Å². The second-order valence-electron chi connectivity index (χ2n) is 8.89. The summed E-state index contributed by atoms with van der Waals surface area (Å²) >= 11 is 6.00. The molecule has 0 radical (unpaired) electrons. The second kappa shape index (κ2) is 8.61. The van der Waals surface area contributed by atoms with Crippen LogP contribution in [0.2, 0.25) is 5.28 Å². The normalized spacial score (nSPS) is 20.0. The number of hydrogen-bond donors (Lipinski definition) is 1. The van der Waals surface area contributed by atoms with Crippen LogP contribution in [-0.2, 0) is 19.5 Å². The fourth-order valence-electron chi connectivity index (χ4n) is 4.73. The minimum absolute atomic E-state index is 0.00501. The molecule has 0 bridgehead atoms. The van der Waals surface area contributed by atoms with Gasteiger partial charge in [0.05, 0.1) is 12.1 Å². The number of aliphatic hydroxyl groups is 1. The Balaban J connectivity index is 1.40. The van der Waals surface area contributed by atoms with Gasteiger partial charge < -0.3 is 15.2 Å². The van der Waals surface area contributed by atoms with Crippen LogP contribution in [0.15, 0.2) is 18.3 Å². The van der Waals surface area contributed by atoms with Crippen molar-refractivity contribution in [3.63, 3.8) is 0 Å². The number of nitro groups is 1. The van der Waals surface area contributed by atoms with E-state index in [9.17, 15) is 15.2 Å². The molecule has 3 heterocycles. The first-order chi connectivity index (χ1) is 14.3. The summed E-state index contributed by atoms with van der Waals surface area (Å²) < 4.78 is 1.43. The number of aromatic nitrogens is 3. The van der Waals surface area contributed by atoms with Crippen molar-refractivity contribution in [2.24, 2.45) is 0 Å². The highest BCUT2D eigenvalue weighted by atomic mass is 35.5. The van der Waals surface area contributed by atoms with Crippen LogP contribution in [0, 0.1) is 10.1 Å². The van der Waals surface area contributed by atoms with Gasteiger partial charge in [0.15, 0.2) is 0 Å². The van der Waals surface area contributed by atoms with Crippen molar-refractivity contribution in [3.8, 4) is 0 Å². The van der Waals surface area contributed by atoms with Crippen molar-refractivity contribution in [2.45, 2.75) is 70.1 Å². The standard InChI is InChI=1S/C21H28ClN5O3/c1-21(28,14-26-12-19(27(29)30)24-20(26)22)13-25-10-9-18-16(11-25)7-8-17(23-18)15-5-3-2-4-6-15/h7-8,12,15,28H,2-6,9-11,13-14H2,1H3. The van der Waals surface area contributed by atoms with E-state index in [1.165, 1.54) is 59.8 Å². The van der Waals surface area contributed by atoms with Crippen LogP contribution in [0.25, 0.3) is 0 Å². The third kappa shape index (κ3) is 4.82. The van der Waals surface area contributed by atoms with Crippen molar-refractivity contribution in [1.29, 1.82) is 0 Å². The van der Waals surface area contributed by atoms with E-state index in [1.54, 1.807) is 6.92 Å². The lowest BCUT2D eigenvalue weighted by atomic mass is 9.86. The molecule has 2 aromatic heterocycles. The zero-order chi connectivity index (χ0) is 21.3. The molecule has 2 aromatic rings. The monoisotopic (exact) mass is 433 g/mol. The molecule has 1 unspecified atom stereocenters. The average molecular weight is 434 g/mol. The summed E-state index contributed by atoms with van der Waals surface area (Å²) in [5.74, 6) is 0.286. The largest absolute Gasteiger partial charge is 0.387 e. The second-order valence-corrected chi connectivity index (χ2v) is 9.23. The van der Waals surface area contributed by atoms with Gasteiger partial charge in [-0.15, -0.1) is 0 Å². The molecule has 8 nitrogen and oxygen atoms in total. The predicted molar refractivity (Wildman–Crippen MR) is 114 cm³/mol. The SMILES string of the molecule is CC(O)(CN1CCc2nc(C3CCCCC3)ccc2C1)Cn1cc([N+](=O)[O-])nc1Cl. The maximum atomic E-state index is 10.9. The molecule has 162 valence electrons. The lowest BCUT2D eigenvalue weighted by Crippen LogP contribution is -2.45. The highest BCUT2D eigenvalue weighted by molar-refractivity contribution is 6.28. The summed E-state index contributed by atoms with van der Waals surface area (Å²) in [5.41, 5.74) is 2.53. The van der Waals surface area contributed by atoms with Crippen molar-refractivity contribution < 1.29 is 10.0 Å². The minimum Gasteiger partial charge on any atom is -0.387 e. The molecule has 0 spiro atoms. The van der Waals surface area contributed by atoms with E-state index in [-0.39, 0.29) is 17.6 Å². The fourth-order valence-corrected chi connectivity index (χ4v) is 4.93. The highest BCUT2D eigenvalue weighted by Crippen LogP contribution is 2.32. The van der Waals surface area contributed by atoms with E-state index in [2.05, 4.69) is 22.0 Å². The Labute approximate surface area is 181 Å². The van der Waals surface area contributed by atoms with Gasteiger partial charge in [0.2, 0.25) is 0 Å². The van der Waals surface area contributed by atoms with Gasteiger partial charge in [-0.05, 0) is 52.9 Å². The molecule has 4 rings (SSSR count). The van der Waals surface area contributed by atoms with Crippen molar-refractivity contribution >= 4 is 17.4 Å². The molecule has 9 heteroatoms. The van der Waals surface area contributed by atoms with Gasteiger partial charge >= 0.3 is 11.1 Å². The van der Waals surface area contributed by atoms with Crippen LogP contribution in [0.4, 0.5) is 5.82 Å². The Morgan fingerprint density at radius 1 is 1.27 bits per heavy atom. The van der Waals surface area contributed by atoms with Gasteiger partial charge in [-0.25, -0.2) is 0 Å². The molecule has 1 aliphatic carbocycles. The van der Waals surface area contributed by atoms with E-state index in [1.807, 2.05) is 0 Å². The van der Waals surface area contributed by atoms with Crippen LogP contribution in [0.5, 0.6) is 0 Å². The Morgan fingerprint density at radius 3 is 2.73 bits per heavy atom. The van der Waals surface area contributed by atoms with Gasteiger partial charge in [-0.2, -0.15) is 0 Å². The molecule has 1 saturated carbocycles. The quantitative estimate of drug-likeness (QED) is 0.551. The molecule has 1 fully saturated rings. The van der Waals surface area contributed by atoms with Crippen molar-refractivity contribution in [3.05, 3.63) is 50.7 Å². The van der Waals surface area contributed by atoms with Crippen LogP contribution in [-0.4, -0.2) is 48.2 Å². The van der Waals surface area contributed by atoms with E-state index in [0.29, 0.717) is 12.5 Å². The summed E-state index contributed by atoms with van der Waals surface area (Å²) in [6.45, 7) is 3.84. The van der Waals surface area contributed by atoms with E-state index in [0.717, 1.165) is 19.5 Å². The number of rotatable bonds is 6. The molecule has 1 aliphatic heterocycles. The summed E-state index contributed by atoms with van der Waals surface area (Å²) in [4.78, 5) is 21.2. The molecule has 30 heavy (non-hydrogen) atoms. The lowest BCUT2D eigenvalue weighted by Gasteiger charge is -2.35. The predicted octanol–water partition coefficient (Wildman–Crippen LogP) is 3.70. The van der Waals surface area contributed by atoms with Gasteiger partial charge in [-0.1, -0.05) is 25.3 Å². The summed E-state index contributed by atoms with van der Waals surface area (Å²) in [6.07, 6.45) is 8.56. The minimum atomic E-state index is -1.11. The number of nitrogens with zero attached hydrogens (tertiary/aromatic N) is 5. The molecular formula is C21H28ClN5O3. The Kier molecular flexibility index (Phi) is 6.09. The first kappa shape index (κ1) is 21.2. The van der Waals surface area contributed by atoms with Crippen molar-refractivity contribution in [2.75, 3.05) is 13.1 Å². The lowest BCUT2D eigenvalue weighted by molar-refractivity contribution is -0.389. The first-order valence-electron chi connectivity index (χ1n) is 10.6. The summed E-state index contributed by atoms with van der Waals surface area (Å²) in [6, 6.07) is 4.38. The molecule has 1 N–H and O–H groups in total. The van der Waals surface area contributed by atoms with Crippen LogP contribution in [0.1, 0.15) is 61.9 Å². The van der Waals surface area contributed by atoms with Gasteiger partial charge in [-0.3, -0.25) is 14.5 Å². The molecule has 0 saturated heterocycles. The number of pyridine rings is 1. The molecule has 0 aromatic carbocycles. The van der Waals surface area contributed by atoms with Crippen LogP contribution < -0.4 is 0 Å². The highest BCUT2D eigenvalue weighted by Gasteiger charge is 2.30. The number of imidazole rings is 1. The Bertz CT molecular complexity index is 923. The van der Waals surface area contributed by atoms with E-state index >= 15 is 0 Å². The Morgan fingerprint density at radius 2 is 2.03 bits per heavy atom. The smallest absolute Gasteiger partial charge is 0.383 e. The average Bonchev–Trinajstić information content (AvgIpc) is 3.08. The van der Waals surface area contributed by atoms with Gasteiger partial charge in [0.25, 0.3) is 0 Å². The zero-order valence-electron chi connectivity index (χ0n) is 17.3. The number of fused-ring (bicyclic) bond motifs is 1. The molecule has 0 amide bonds. The fraction of sp³-hybridized carbons (Fsp3) is 0.619. The molecular weight excluding hydrogens is 406 g/mol. The van der Waals surface area contributed by atoms with Crippen LogP contribution in [0.3, 0.4) is 0 Å². The number of β-amino-alcohol motifs (C(OH)–C–C–N with tert-alkyl or cyclic N) is 1. The maximum absolute atomic E-state index is 10.9. The zero-order valence-corrected chi connectivity index (χ0v) is 18.0.